The monoisotopic (exact) mass is 284 g/mol. The van der Waals surface area contributed by atoms with E-state index in [4.69, 9.17) is 10.2 Å². The van der Waals surface area contributed by atoms with E-state index in [1.807, 2.05) is 0 Å². The summed E-state index contributed by atoms with van der Waals surface area (Å²) in [5.74, 6) is -3.31. The van der Waals surface area contributed by atoms with Gasteiger partial charge in [-0.05, 0) is 5.56 Å². The molecule has 20 heavy (non-hydrogen) atoms. The second-order valence-electron chi connectivity index (χ2n) is 4.39. The summed E-state index contributed by atoms with van der Waals surface area (Å²) in [6.45, 7) is -0.937. The van der Waals surface area contributed by atoms with E-state index < -0.39 is 42.6 Å². The van der Waals surface area contributed by atoms with Crippen molar-refractivity contribution >= 4 is 11.8 Å². The number of hydrogen-bond donors (Lipinski definition) is 5. The number of carbonyl (C=O) groups excluding carboxylic acids is 1. The fraction of sp³-hybridized carbons (Fsp3) is 0.385. The minimum Gasteiger partial charge on any atom is -0.479 e. The molecule has 0 fully saturated rings. The molecule has 3 atom stereocenters. The molecule has 0 saturated carbocycles. The number of benzene rings is 1. The van der Waals surface area contributed by atoms with Crippen LogP contribution in [0.5, 0.6) is 0 Å². The molecule has 0 radical (unpaired) electrons. The van der Waals surface area contributed by atoms with E-state index in [1.165, 1.54) is 12.1 Å². The topological polar surface area (TPSA) is 135 Å². The van der Waals surface area contributed by atoms with Crippen LogP contribution in [0, 0.1) is 0 Å². The SMILES string of the molecule is O=C(O)C(O)(Cc1ccccc1)C(=O)C(O)C(O)CO. The van der Waals surface area contributed by atoms with E-state index in [1.54, 1.807) is 18.2 Å². The average Bonchev–Trinajstić information content (AvgIpc) is 2.45. The van der Waals surface area contributed by atoms with Gasteiger partial charge in [0.05, 0.1) is 6.61 Å². The predicted molar refractivity (Wildman–Crippen MR) is 66.8 cm³/mol. The highest BCUT2D eigenvalue weighted by molar-refractivity contribution is 6.08. The van der Waals surface area contributed by atoms with Crippen LogP contribution in [0.15, 0.2) is 30.3 Å². The molecule has 0 saturated heterocycles. The lowest BCUT2D eigenvalue weighted by molar-refractivity contribution is -0.172. The first kappa shape index (κ1) is 16.3. The van der Waals surface area contributed by atoms with Crippen LogP contribution in [-0.2, 0) is 16.0 Å². The Kier molecular flexibility index (Phi) is 5.34. The Hall–Kier alpha value is -1.80. The zero-order valence-electron chi connectivity index (χ0n) is 10.5. The van der Waals surface area contributed by atoms with Gasteiger partial charge in [-0.3, -0.25) is 4.79 Å². The zero-order valence-corrected chi connectivity index (χ0v) is 10.5. The van der Waals surface area contributed by atoms with Crippen LogP contribution < -0.4 is 0 Å². The smallest absolute Gasteiger partial charge is 0.344 e. The molecule has 0 aliphatic heterocycles. The Morgan fingerprint density at radius 3 is 2.15 bits per heavy atom. The summed E-state index contributed by atoms with van der Waals surface area (Å²) < 4.78 is 0. The number of hydrogen-bond acceptors (Lipinski definition) is 6. The maximum Gasteiger partial charge on any atom is 0.344 e. The van der Waals surface area contributed by atoms with Crippen LogP contribution in [0.2, 0.25) is 0 Å². The van der Waals surface area contributed by atoms with Crippen molar-refractivity contribution in [2.75, 3.05) is 6.61 Å². The van der Waals surface area contributed by atoms with Gasteiger partial charge in [0.15, 0.2) is 0 Å². The van der Waals surface area contributed by atoms with Gasteiger partial charge in [-0.1, -0.05) is 30.3 Å². The molecule has 0 aliphatic carbocycles. The molecule has 7 nitrogen and oxygen atoms in total. The van der Waals surface area contributed by atoms with Gasteiger partial charge in [-0.25, -0.2) is 4.79 Å². The summed E-state index contributed by atoms with van der Waals surface area (Å²) in [6.07, 6.45) is -4.61. The van der Waals surface area contributed by atoms with Crippen molar-refractivity contribution < 1.29 is 35.1 Å². The third-order valence-electron chi connectivity index (χ3n) is 2.88. The van der Waals surface area contributed by atoms with Crippen LogP contribution >= 0.6 is 0 Å². The van der Waals surface area contributed by atoms with Gasteiger partial charge in [0.25, 0.3) is 0 Å². The number of ketones is 1. The van der Waals surface area contributed by atoms with E-state index in [2.05, 4.69) is 0 Å². The molecule has 1 rings (SSSR count). The van der Waals surface area contributed by atoms with Gasteiger partial charge >= 0.3 is 5.97 Å². The molecule has 110 valence electrons. The molecule has 0 aliphatic rings. The fourth-order valence-corrected chi connectivity index (χ4v) is 1.68. The van der Waals surface area contributed by atoms with Crippen molar-refractivity contribution in [1.29, 1.82) is 0 Å². The quantitative estimate of drug-likeness (QED) is 0.378. The Morgan fingerprint density at radius 2 is 1.70 bits per heavy atom. The second-order valence-corrected chi connectivity index (χ2v) is 4.39. The lowest BCUT2D eigenvalue weighted by Crippen LogP contribution is -2.56. The molecular weight excluding hydrogens is 268 g/mol. The van der Waals surface area contributed by atoms with Gasteiger partial charge in [-0.2, -0.15) is 0 Å². The van der Waals surface area contributed by atoms with Crippen molar-refractivity contribution in [3.8, 4) is 0 Å². The highest BCUT2D eigenvalue weighted by Crippen LogP contribution is 2.18. The van der Waals surface area contributed by atoms with Gasteiger partial charge in [0.2, 0.25) is 11.4 Å². The first-order chi connectivity index (χ1) is 9.32. The number of Topliss-reactive ketones (excluding diaryl/α,β-unsaturated/α-hetero) is 1. The van der Waals surface area contributed by atoms with Crippen molar-refractivity contribution in [1.82, 2.24) is 0 Å². The Labute approximate surface area is 114 Å². The molecule has 0 spiro atoms. The van der Waals surface area contributed by atoms with E-state index in [-0.39, 0.29) is 0 Å². The molecule has 5 N–H and O–H groups in total. The Morgan fingerprint density at radius 1 is 1.15 bits per heavy atom. The van der Waals surface area contributed by atoms with E-state index in [0.717, 1.165) is 0 Å². The number of carbonyl (C=O) groups is 2. The Bertz CT molecular complexity index is 473. The first-order valence-corrected chi connectivity index (χ1v) is 5.84. The summed E-state index contributed by atoms with van der Waals surface area (Å²) in [5, 5.41) is 46.4. The van der Waals surface area contributed by atoms with Crippen LogP contribution in [0.25, 0.3) is 0 Å². The van der Waals surface area contributed by atoms with Crippen LogP contribution in [0.4, 0.5) is 0 Å². The third-order valence-corrected chi connectivity index (χ3v) is 2.88. The minimum absolute atomic E-state index is 0.372. The highest BCUT2D eigenvalue weighted by atomic mass is 16.4. The molecular formula is C13H16O7. The van der Waals surface area contributed by atoms with Crippen molar-refractivity contribution in [3.05, 3.63) is 35.9 Å². The maximum atomic E-state index is 11.9. The number of carboxylic acids is 1. The predicted octanol–water partition coefficient (Wildman–Crippen LogP) is -1.67. The number of carboxylic acid groups (broad SMARTS) is 1. The van der Waals surface area contributed by atoms with Gasteiger partial charge in [0, 0.05) is 6.42 Å². The summed E-state index contributed by atoms with van der Waals surface area (Å²) in [4.78, 5) is 23.0. The average molecular weight is 284 g/mol. The molecule has 1 aromatic rings. The normalized spacial score (nSPS) is 17.0. The van der Waals surface area contributed by atoms with Gasteiger partial charge in [-0.15, -0.1) is 0 Å². The van der Waals surface area contributed by atoms with Gasteiger partial charge < -0.3 is 25.5 Å². The lowest BCUT2D eigenvalue weighted by Gasteiger charge is -2.26. The summed E-state index contributed by atoms with van der Waals surface area (Å²) in [5.41, 5.74) is -2.51. The van der Waals surface area contributed by atoms with Crippen molar-refractivity contribution in [2.24, 2.45) is 0 Å². The standard InChI is InChI=1S/C13H16O7/c14-7-9(15)10(16)11(17)13(20,12(18)19)6-8-4-2-1-3-5-8/h1-5,9-10,14-16,20H,6-7H2,(H,18,19). The molecule has 0 bridgehead atoms. The van der Waals surface area contributed by atoms with Crippen molar-refractivity contribution in [3.63, 3.8) is 0 Å². The van der Waals surface area contributed by atoms with Gasteiger partial charge in [0.1, 0.15) is 12.2 Å². The maximum absolute atomic E-state index is 11.9. The second kappa shape index (κ2) is 6.58. The van der Waals surface area contributed by atoms with E-state index in [0.29, 0.717) is 5.56 Å². The summed E-state index contributed by atoms with van der Waals surface area (Å²) in [7, 11) is 0. The molecule has 0 amide bonds. The third kappa shape index (κ3) is 3.40. The minimum atomic E-state index is -2.88. The van der Waals surface area contributed by atoms with Crippen LogP contribution in [0.3, 0.4) is 0 Å². The number of aliphatic hydroxyl groups is 4. The largest absolute Gasteiger partial charge is 0.479 e. The Balaban J connectivity index is 3.03. The zero-order chi connectivity index (χ0) is 15.3. The molecule has 1 aromatic carbocycles. The molecule has 0 aromatic heterocycles. The first-order valence-electron chi connectivity index (χ1n) is 5.84. The molecule has 3 unspecified atom stereocenters. The fourth-order valence-electron chi connectivity index (χ4n) is 1.68. The van der Waals surface area contributed by atoms with E-state index >= 15 is 0 Å². The van der Waals surface area contributed by atoms with Crippen LogP contribution in [-0.4, -0.2) is 61.7 Å². The van der Waals surface area contributed by atoms with Crippen molar-refractivity contribution in [2.45, 2.75) is 24.2 Å². The molecule has 7 heteroatoms. The number of aliphatic carboxylic acids is 1. The number of rotatable bonds is 7. The van der Waals surface area contributed by atoms with E-state index in [9.17, 15) is 24.9 Å². The lowest BCUT2D eigenvalue weighted by atomic mass is 9.86. The van der Waals surface area contributed by atoms with Crippen LogP contribution in [0.1, 0.15) is 5.56 Å². The summed E-state index contributed by atoms with van der Waals surface area (Å²) >= 11 is 0. The number of aliphatic hydroxyl groups excluding tert-OH is 3. The summed E-state index contributed by atoms with van der Waals surface area (Å²) in [6, 6.07) is 7.89. The highest BCUT2D eigenvalue weighted by Gasteiger charge is 2.48. The molecule has 0 heterocycles.